The van der Waals surface area contributed by atoms with Gasteiger partial charge in [-0.1, -0.05) is 6.07 Å². The molecule has 0 heterocycles. The lowest BCUT2D eigenvalue weighted by molar-refractivity contribution is 0.0696. The molecule has 110 valence electrons. The molecule has 0 saturated heterocycles. The number of carboxylic acids is 1. The molecule has 2 aromatic carbocycles. The minimum Gasteiger partial charge on any atom is -0.497 e. The van der Waals surface area contributed by atoms with Gasteiger partial charge in [0.2, 0.25) is 0 Å². The summed E-state index contributed by atoms with van der Waals surface area (Å²) in [5.41, 5.74) is 1.11. The topological polar surface area (TPSA) is 55.8 Å². The molecule has 1 N–H and O–H groups in total. The van der Waals surface area contributed by atoms with E-state index in [9.17, 15) is 4.79 Å². The van der Waals surface area contributed by atoms with E-state index in [-0.39, 0.29) is 5.56 Å². The standard InChI is InChI=1S/C16H16O4S/c1-19-13-4-3-5-14(9-13)21-10-12-8-11(16(17)18)6-7-15(12)20-2/h3-9H,10H2,1-2H3,(H,17,18). The van der Waals surface area contributed by atoms with Crippen LogP contribution < -0.4 is 9.47 Å². The summed E-state index contributed by atoms with van der Waals surface area (Å²) in [6.45, 7) is 0. The average Bonchev–Trinajstić information content (AvgIpc) is 2.52. The lowest BCUT2D eigenvalue weighted by Gasteiger charge is -2.10. The second-order valence-electron chi connectivity index (χ2n) is 4.30. The van der Waals surface area contributed by atoms with E-state index in [0.717, 1.165) is 16.2 Å². The van der Waals surface area contributed by atoms with Gasteiger partial charge < -0.3 is 14.6 Å². The summed E-state index contributed by atoms with van der Waals surface area (Å²) in [5.74, 6) is 1.17. The molecular formula is C16H16O4S. The molecule has 0 spiro atoms. The van der Waals surface area contributed by atoms with Crippen molar-refractivity contribution in [2.45, 2.75) is 10.6 Å². The van der Waals surface area contributed by atoms with Crippen LogP contribution in [0, 0.1) is 0 Å². The first-order valence-corrected chi connectivity index (χ1v) is 7.29. The second kappa shape index (κ2) is 7.04. The van der Waals surface area contributed by atoms with Crippen LogP contribution in [0.5, 0.6) is 11.5 Å². The van der Waals surface area contributed by atoms with Gasteiger partial charge in [0.05, 0.1) is 19.8 Å². The maximum absolute atomic E-state index is 11.0. The molecule has 5 heteroatoms. The maximum Gasteiger partial charge on any atom is 0.335 e. The third kappa shape index (κ3) is 3.92. The van der Waals surface area contributed by atoms with Gasteiger partial charge in [-0.3, -0.25) is 0 Å². The smallest absolute Gasteiger partial charge is 0.335 e. The average molecular weight is 304 g/mol. The molecule has 21 heavy (non-hydrogen) atoms. The first-order chi connectivity index (χ1) is 10.1. The van der Waals surface area contributed by atoms with Crippen LogP contribution in [0.3, 0.4) is 0 Å². The number of benzene rings is 2. The molecule has 0 aliphatic carbocycles. The van der Waals surface area contributed by atoms with Gasteiger partial charge in [-0.15, -0.1) is 11.8 Å². The van der Waals surface area contributed by atoms with E-state index in [4.69, 9.17) is 14.6 Å². The maximum atomic E-state index is 11.0. The number of aromatic carboxylic acids is 1. The van der Waals surface area contributed by atoms with E-state index >= 15 is 0 Å². The largest absolute Gasteiger partial charge is 0.497 e. The lowest BCUT2D eigenvalue weighted by atomic mass is 10.1. The summed E-state index contributed by atoms with van der Waals surface area (Å²) in [4.78, 5) is 12.1. The highest BCUT2D eigenvalue weighted by Gasteiger charge is 2.09. The quantitative estimate of drug-likeness (QED) is 0.825. The predicted octanol–water partition coefficient (Wildman–Crippen LogP) is 3.69. The Kier molecular flexibility index (Phi) is 5.11. The van der Waals surface area contributed by atoms with Crippen LogP contribution in [-0.2, 0) is 5.75 Å². The van der Waals surface area contributed by atoms with Crippen molar-refractivity contribution in [1.82, 2.24) is 0 Å². The summed E-state index contributed by atoms with van der Waals surface area (Å²) < 4.78 is 10.5. The second-order valence-corrected chi connectivity index (χ2v) is 5.35. The van der Waals surface area contributed by atoms with Crippen LogP contribution >= 0.6 is 11.8 Å². The van der Waals surface area contributed by atoms with E-state index in [2.05, 4.69) is 0 Å². The number of carbonyl (C=O) groups is 1. The van der Waals surface area contributed by atoms with Crippen molar-refractivity contribution in [3.63, 3.8) is 0 Å². The Labute approximate surface area is 127 Å². The fourth-order valence-corrected chi connectivity index (χ4v) is 2.80. The Morgan fingerprint density at radius 1 is 1.14 bits per heavy atom. The minimum atomic E-state index is -0.940. The molecule has 2 rings (SSSR count). The molecule has 0 saturated carbocycles. The van der Waals surface area contributed by atoms with Gasteiger partial charge in [0.1, 0.15) is 11.5 Å². The zero-order chi connectivity index (χ0) is 15.2. The zero-order valence-corrected chi connectivity index (χ0v) is 12.6. The Balaban J connectivity index is 2.17. The number of methoxy groups -OCH3 is 2. The molecule has 4 nitrogen and oxygen atoms in total. The van der Waals surface area contributed by atoms with E-state index in [1.54, 1.807) is 44.2 Å². The fraction of sp³-hybridized carbons (Fsp3) is 0.188. The van der Waals surface area contributed by atoms with Gasteiger partial charge in [-0.25, -0.2) is 4.79 Å². The van der Waals surface area contributed by atoms with Crippen molar-refractivity contribution >= 4 is 17.7 Å². The molecule has 0 aliphatic heterocycles. The first kappa shape index (κ1) is 15.3. The summed E-state index contributed by atoms with van der Waals surface area (Å²) in [5, 5.41) is 9.06. The minimum absolute atomic E-state index is 0.261. The highest BCUT2D eigenvalue weighted by Crippen LogP contribution is 2.30. The first-order valence-electron chi connectivity index (χ1n) is 6.31. The molecular weight excluding hydrogens is 288 g/mol. The molecule has 0 fully saturated rings. The van der Waals surface area contributed by atoms with Crippen molar-refractivity contribution in [1.29, 1.82) is 0 Å². The fourth-order valence-electron chi connectivity index (χ4n) is 1.88. The number of ether oxygens (including phenoxy) is 2. The van der Waals surface area contributed by atoms with E-state index < -0.39 is 5.97 Å². The van der Waals surface area contributed by atoms with Gasteiger partial charge in [-0.2, -0.15) is 0 Å². The molecule has 0 amide bonds. The molecule has 0 atom stereocenters. The summed E-state index contributed by atoms with van der Waals surface area (Å²) in [6.07, 6.45) is 0. The van der Waals surface area contributed by atoms with Crippen molar-refractivity contribution in [2.75, 3.05) is 14.2 Å². The summed E-state index contributed by atoms with van der Waals surface area (Å²) >= 11 is 1.60. The summed E-state index contributed by atoms with van der Waals surface area (Å²) in [6, 6.07) is 12.6. The Hall–Kier alpha value is -2.14. The Bertz CT molecular complexity index is 640. The zero-order valence-electron chi connectivity index (χ0n) is 11.8. The predicted molar refractivity (Wildman–Crippen MR) is 82.5 cm³/mol. The highest BCUT2D eigenvalue weighted by atomic mass is 32.2. The van der Waals surface area contributed by atoms with Crippen LogP contribution in [0.15, 0.2) is 47.4 Å². The van der Waals surface area contributed by atoms with Gasteiger partial charge in [0.25, 0.3) is 0 Å². The normalized spacial score (nSPS) is 10.2. The van der Waals surface area contributed by atoms with Crippen molar-refractivity contribution < 1.29 is 19.4 Å². The molecule has 0 bridgehead atoms. The molecule has 2 aromatic rings. The van der Waals surface area contributed by atoms with Gasteiger partial charge in [0.15, 0.2) is 0 Å². The van der Waals surface area contributed by atoms with Crippen LogP contribution in [0.1, 0.15) is 15.9 Å². The molecule has 0 aliphatic rings. The van der Waals surface area contributed by atoms with E-state index in [1.165, 1.54) is 0 Å². The number of rotatable bonds is 6. The third-order valence-corrected chi connectivity index (χ3v) is 4.01. The molecule has 0 radical (unpaired) electrons. The van der Waals surface area contributed by atoms with Crippen LogP contribution in [-0.4, -0.2) is 25.3 Å². The number of hydrogen-bond acceptors (Lipinski definition) is 4. The van der Waals surface area contributed by atoms with Gasteiger partial charge in [-0.05, 0) is 36.4 Å². The van der Waals surface area contributed by atoms with E-state index in [0.29, 0.717) is 11.5 Å². The van der Waals surface area contributed by atoms with Crippen LogP contribution in [0.4, 0.5) is 0 Å². The Morgan fingerprint density at radius 2 is 1.95 bits per heavy atom. The SMILES string of the molecule is COc1cccc(SCc2cc(C(=O)O)ccc2OC)c1. The van der Waals surface area contributed by atoms with Crippen molar-refractivity contribution in [2.24, 2.45) is 0 Å². The molecule has 0 unspecified atom stereocenters. The van der Waals surface area contributed by atoms with Crippen molar-refractivity contribution in [3.05, 3.63) is 53.6 Å². The van der Waals surface area contributed by atoms with Crippen LogP contribution in [0.2, 0.25) is 0 Å². The van der Waals surface area contributed by atoms with E-state index in [1.807, 2.05) is 24.3 Å². The third-order valence-electron chi connectivity index (χ3n) is 2.96. The van der Waals surface area contributed by atoms with Gasteiger partial charge in [0, 0.05) is 16.2 Å². The monoisotopic (exact) mass is 304 g/mol. The number of thioether (sulfide) groups is 1. The lowest BCUT2D eigenvalue weighted by Crippen LogP contribution is -1.99. The summed E-state index contributed by atoms with van der Waals surface area (Å²) in [7, 11) is 3.21. The highest BCUT2D eigenvalue weighted by molar-refractivity contribution is 7.98. The molecule has 0 aromatic heterocycles. The number of carboxylic acid groups (broad SMARTS) is 1. The van der Waals surface area contributed by atoms with Crippen molar-refractivity contribution in [3.8, 4) is 11.5 Å². The van der Waals surface area contributed by atoms with Crippen LogP contribution in [0.25, 0.3) is 0 Å². The van der Waals surface area contributed by atoms with Gasteiger partial charge >= 0.3 is 5.97 Å². The number of hydrogen-bond donors (Lipinski definition) is 1. The Morgan fingerprint density at radius 3 is 2.62 bits per heavy atom.